The van der Waals surface area contributed by atoms with Crippen molar-refractivity contribution in [2.75, 3.05) is 22.5 Å². The fraction of sp³-hybridized carbons (Fsp3) is 0.919. The summed E-state index contributed by atoms with van der Waals surface area (Å²) in [5, 5.41) is 11.9. The Kier molecular flexibility index (Phi) is 11.9. The highest BCUT2D eigenvalue weighted by molar-refractivity contribution is 14.1. The molecule has 9 heteroatoms. The van der Waals surface area contributed by atoms with Crippen LogP contribution in [0.3, 0.4) is 0 Å². The summed E-state index contributed by atoms with van der Waals surface area (Å²) >= 11 is 2.50. The third kappa shape index (κ3) is 10.6. The molecule has 0 bridgehead atoms. The molecule has 2 aliphatic rings. The highest BCUT2D eigenvalue weighted by atomic mass is 127. The first-order valence-corrected chi connectivity index (χ1v) is 18.9. The van der Waals surface area contributed by atoms with Crippen molar-refractivity contribution >= 4 is 34.8 Å². The van der Waals surface area contributed by atoms with Crippen molar-refractivity contribution in [2.24, 2.45) is 5.41 Å². The Hall–Kier alpha value is -0.780. The van der Waals surface area contributed by atoms with Crippen LogP contribution in [0.5, 0.6) is 0 Å². The molecule has 0 aromatic carbocycles. The van der Waals surface area contributed by atoms with Gasteiger partial charge in [-0.3, -0.25) is 3.11 Å². The molecule has 0 radical (unpaired) electrons. The number of aromatic nitrogens is 3. The van der Waals surface area contributed by atoms with Crippen LogP contribution in [0.15, 0.2) is 0 Å². The zero-order chi connectivity index (χ0) is 35.1. The lowest BCUT2D eigenvalue weighted by Gasteiger charge is -2.53. The topological polar surface area (TPSA) is 81.2 Å². The second-order valence-corrected chi connectivity index (χ2v) is 20.4. The molecule has 2 aliphatic heterocycles. The average molecular weight is 755 g/mol. The van der Waals surface area contributed by atoms with Gasteiger partial charge in [-0.25, -0.2) is 0 Å². The summed E-state index contributed by atoms with van der Waals surface area (Å²) < 4.78 is 2.34. The molecule has 266 valence electrons. The lowest BCUT2D eigenvalue weighted by molar-refractivity contribution is 0.0649. The number of rotatable bonds is 12. The van der Waals surface area contributed by atoms with E-state index < -0.39 is 0 Å². The Balaban J connectivity index is 1.92. The van der Waals surface area contributed by atoms with Crippen molar-refractivity contribution in [1.82, 2.24) is 30.5 Å². The molecule has 8 nitrogen and oxygen atoms in total. The van der Waals surface area contributed by atoms with Crippen molar-refractivity contribution in [3.05, 3.63) is 5.82 Å². The van der Waals surface area contributed by atoms with Crippen LogP contribution in [0.4, 0.5) is 11.9 Å². The highest BCUT2D eigenvalue weighted by Gasteiger charge is 2.46. The fourth-order valence-corrected chi connectivity index (χ4v) is 9.40. The van der Waals surface area contributed by atoms with E-state index in [0.29, 0.717) is 18.0 Å². The monoisotopic (exact) mass is 754 g/mol. The highest BCUT2D eigenvalue weighted by Crippen LogP contribution is 2.41. The molecule has 2 saturated heterocycles. The van der Waals surface area contributed by atoms with Gasteiger partial charge in [0.1, 0.15) is 5.82 Å². The predicted molar refractivity (Wildman–Crippen MR) is 206 cm³/mol. The summed E-state index contributed by atoms with van der Waals surface area (Å²) in [5.74, 6) is 2.35. The number of anilines is 2. The molecule has 46 heavy (non-hydrogen) atoms. The van der Waals surface area contributed by atoms with E-state index in [1.807, 2.05) is 0 Å². The molecule has 0 aliphatic carbocycles. The Morgan fingerprint density at radius 2 is 1.24 bits per heavy atom. The number of piperidine rings is 2. The SMILES string of the molecule is CCC(C)(CC)c1nc(NC(C)(C)CC(C)(C)C)nc(N(I)C2CC(C)(C)NC(C)(CCC3(C)CC(N(C)C)CC(C)(C)N3)C2)n1. The molecule has 0 saturated carbocycles. The third-order valence-corrected chi connectivity index (χ3v) is 12.0. The predicted octanol–water partition coefficient (Wildman–Crippen LogP) is 8.65. The summed E-state index contributed by atoms with van der Waals surface area (Å²) in [7, 11) is 4.47. The van der Waals surface area contributed by atoms with E-state index in [2.05, 4.69) is 158 Å². The standard InChI is InChI=1S/C37H71IN8/c1-17-35(12,18-2)28-39-29(42-34(10,11)25-31(3,4)5)41-30(40-28)46(38)27-22-33(8,9)44-37(14,24-27)20-19-36(13)23-26(45(15)16)21-32(6,7)43-36/h26-27,43-44H,17-25H2,1-16H3,(H,39,40,41,42). The van der Waals surface area contributed by atoms with Gasteiger partial charge in [-0.05, 0) is 133 Å². The Bertz CT molecular complexity index is 1170. The molecule has 3 N–H and O–H groups in total. The van der Waals surface area contributed by atoms with E-state index in [4.69, 9.17) is 15.0 Å². The molecule has 0 spiro atoms. The van der Waals surface area contributed by atoms with Crippen LogP contribution in [0.25, 0.3) is 0 Å². The number of hydrogen-bond donors (Lipinski definition) is 3. The average Bonchev–Trinajstić information content (AvgIpc) is 2.87. The minimum absolute atomic E-state index is 0.0112. The quantitative estimate of drug-likeness (QED) is 0.145. The third-order valence-electron chi connectivity index (χ3n) is 10.8. The summed E-state index contributed by atoms with van der Waals surface area (Å²) in [4.78, 5) is 17.8. The van der Waals surface area contributed by atoms with Gasteiger partial charge in [-0.2, -0.15) is 15.0 Å². The van der Waals surface area contributed by atoms with Gasteiger partial charge < -0.3 is 20.9 Å². The van der Waals surface area contributed by atoms with E-state index in [0.717, 1.165) is 56.7 Å². The lowest BCUT2D eigenvalue weighted by atomic mass is 9.71. The first-order valence-electron chi connectivity index (χ1n) is 18.0. The Morgan fingerprint density at radius 3 is 1.70 bits per heavy atom. The van der Waals surface area contributed by atoms with Crippen LogP contribution in [0.2, 0.25) is 0 Å². The van der Waals surface area contributed by atoms with E-state index in [1.165, 1.54) is 12.8 Å². The molecule has 1 aromatic rings. The zero-order valence-corrected chi connectivity index (χ0v) is 34.8. The number of halogens is 1. The van der Waals surface area contributed by atoms with Crippen LogP contribution in [0.1, 0.15) is 161 Å². The first-order chi connectivity index (χ1) is 20.7. The Morgan fingerprint density at radius 1 is 0.761 bits per heavy atom. The van der Waals surface area contributed by atoms with E-state index in [-0.39, 0.29) is 38.5 Å². The van der Waals surface area contributed by atoms with Crippen LogP contribution >= 0.6 is 22.9 Å². The van der Waals surface area contributed by atoms with Crippen molar-refractivity contribution in [1.29, 1.82) is 0 Å². The van der Waals surface area contributed by atoms with Crippen molar-refractivity contribution < 1.29 is 0 Å². The van der Waals surface area contributed by atoms with Crippen LogP contribution in [-0.4, -0.2) is 73.7 Å². The maximum absolute atomic E-state index is 5.21. The summed E-state index contributed by atoms with van der Waals surface area (Å²) in [6.07, 6.45) is 9.62. The molecule has 4 atom stereocenters. The van der Waals surface area contributed by atoms with Crippen LogP contribution < -0.4 is 19.1 Å². The van der Waals surface area contributed by atoms with Crippen molar-refractivity contribution in [3.63, 3.8) is 0 Å². The van der Waals surface area contributed by atoms with Gasteiger partial charge in [0.2, 0.25) is 11.9 Å². The van der Waals surface area contributed by atoms with Gasteiger partial charge in [0, 0.05) is 45.2 Å². The summed E-state index contributed by atoms with van der Waals surface area (Å²) in [5.41, 5.74) is 0.114. The van der Waals surface area contributed by atoms with Gasteiger partial charge in [-0.1, -0.05) is 41.5 Å². The van der Waals surface area contributed by atoms with E-state index in [9.17, 15) is 0 Å². The van der Waals surface area contributed by atoms with E-state index >= 15 is 0 Å². The van der Waals surface area contributed by atoms with E-state index in [1.54, 1.807) is 0 Å². The minimum Gasteiger partial charge on any atom is -0.349 e. The number of nitrogens with zero attached hydrogens (tertiary/aromatic N) is 5. The van der Waals surface area contributed by atoms with Gasteiger partial charge in [0.15, 0.2) is 0 Å². The fourth-order valence-electron chi connectivity index (χ4n) is 8.80. The normalized spacial score (nSPS) is 28.7. The molecule has 3 rings (SSSR count). The molecule has 4 unspecified atom stereocenters. The summed E-state index contributed by atoms with van der Waals surface area (Å²) in [6, 6.07) is 0.883. The van der Waals surface area contributed by atoms with Gasteiger partial charge >= 0.3 is 0 Å². The van der Waals surface area contributed by atoms with Crippen molar-refractivity contribution in [3.8, 4) is 0 Å². The minimum atomic E-state index is -0.155. The number of hydrogen-bond acceptors (Lipinski definition) is 8. The maximum Gasteiger partial charge on any atom is 0.239 e. The number of nitrogens with one attached hydrogen (secondary N) is 3. The molecular formula is C37H71IN8. The van der Waals surface area contributed by atoms with Gasteiger partial charge in [-0.15, -0.1) is 0 Å². The largest absolute Gasteiger partial charge is 0.349 e. The Labute approximate surface area is 297 Å². The first kappa shape index (κ1) is 39.7. The second kappa shape index (κ2) is 13.9. The van der Waals surface area contributed by atoms with Crippen LogP contribution in [0, 0.1) is 5.41 Å². The molecule has 2 fully saturated rings. The zero-order valence-electron chi connectivity index (χ0n) is 32.6. The molecule has 0 amide bonds. The smallest absolute Gasteiger partial charge is 0.239 e. The maximum atomic E-state index is 5.21. The molecule has 3 heterocycles. The summed E-state index contributed by atoms with van der Waals surface area (Å²) in [6.45, 7) is 32.5. The molecule has 1 aromatic heterocycles. The van der Waals surface area contributed by atoms with Crippen LogP contribution in [-0.2, 0) is 5.41 Å². The van der Waals surface area contributed by atoms with Crippen molar-refractivity contribution in [2.45, 2.75) is 200 Å². The second-order valence-electron chi connectivity index (χ2n) is 19.3. The van der Waals surface area contributed by atoms with Gasteiger partial charge in [0.05, 0.1) is 22.9 Å². The lowest BCUT2D eigenvalue weighted by Crippen LogP contribution is -2.65. The molecular weight excluding hydrogens is 683 g/mol. The van der Waals surface area contributed by atoms with Gasteiger partial charge in [0.25, 0.3) is 0 Å².